The molecular weight excluding hydrogens is 244 g/mol. The molecule has 5 nitrogen and oxygen atoms in total. The van der Waals surface area contributed by atoms with Crippen LogP contribution in [0.25, 0.3) is 0 Å². The maximum absolute atomic E-state index is 11.4. The molecule has 0 saturated carbocycles. The van der Waals surface area contributed by atoms with Crippen LogP contribution < -0.4 is 10.2 Å². The number of aromatic carboxylic acids is 1. The van der Waals surface area contributed by atoms with Crippen molar-refractivity contribution >= 4 is 17.6 Å². The Hall–Kier alpha value is -2.04. The Morgan fingerprint density at radius 1 is 1.42 bits per heavy atom. The van der Waals surface area contributed by atoms with Gasteiger partial charge in [0.25, 0.3) is 0 Å². The van der Waals surface area contributed by atoms with Crippen molar-refractivity contribution in [2.24, 2.45) is 0 Å². The number of amides is 1. The van der Waals surface area contributed by atoms with Crippen molar-refractivity contribution in [2.45, 2.75) is 19.8 Å². The van der Waals surface area contributed by atoms with Crippen LogP contribution in [0.1, 0.15) is 29.3 Å². The van der Waals surface area contributed by atoms with Gasteiger partial charge in [0, 0.05) is 31.7 Å². The van der Waals surface area contributed by atoms with Gasteiger partial charge in [-0.2, -0.15) is 0 Å². The monoisotopic (exact) mass is 262 g/mol. The van der Waals surface area contributed by atoms with E-state index in [4.69, 9.17) is 5.11 Å². The molecule has 1 aliphatic rings. The number of nitrogens with one attached hydrogen (secondary N) is 1. The van der Waals surface area contributed by atoms with Crippen LogP contribution in [-0.4, -0.2) is 36.6 Å². The molecule has 0 spiro atoms. The Labute approximate surface area is 112 Å². The Kier molecular flexibility index (Phi) is 4.04. The molecule has 0 fully saturated rings. The summed E-state index contributed by atoms with van der Waals surface area (Å²) >= 11 is 0. The van der Waals surface area contributed by atoms with E-state index < -0.39 is 5.97 Å². The van der Waals surface area contributed by atoms with Crippen LogP contribution in [0.5, 0.6) is 0 Å². The quantitative estimate of drug-likeness (QED) is 0.838. The maximum Gasteiger partial charge on any atom is 0.335 e. The smallest absolute Gasteiger partial charge is 0.335 e. The van der Waals surface area contributed by atoms with Crippen LogP contribution in [0.3, 0.4) is 0 Å². The molecule has 0 aliphatic carbocycles. The van der Waals surface area contributed by atoms with Crippen molar-refractivity contribution in [3.63, 3.8) is 0 Å². The van der Waals surface area contributed by atoms with Gasteiger partial charge in [-0.15, -0.1) is 0 Å². The number of fused-ring (bicyclic) bond motifs is 1. The van der Waals surface area contributed by atoms with Gasteiger partial charge in [-0.3, -0.25) is 4.79 Å². The van der Waals surface area contributed by atoms with Gasteiger partial charge < -0.3 is 15.3 Å². The predicted molar refractivity (Wildman–Crippen MR) is 72.6 cm³/mol. The maximum atomic E-state index is 11.4. The van der Waals surface area contributed by atoms with Crippen LogP contribution in [0.15, 0.2) is 18.2 Å². The molecule has 19 heavy (non-hydrogen) atoms. The van der Waals surface area contributed by atoms with Gasteiger partial charge in [0.1, 0.15) is 0 Å². The summed E-state index contributed by atoms with van der Waals surface area (Å²) in [7, 11) is 0. The first-order valence-corrected chi connectivity index (χ1v) is 6.49. The highest BCUT2D eigenvalue weighted by Crippen LogP contribution is 2.28. The molecule has 0 saturated heterocycles. The molecule has 1 heterocycles. The van der Waals surface area contributed by atoms with Gasteiger partial charge in [-0.05, 0) is 37.1 Å². The highest BCUT2D eigenvalue weighted by atomic mass is 16.4. The van der Waals surface area contributed by atoms with Gasteiger partial charge in [0.05, 0.1) is 5.56 Å². The molecule has 0 radical (unpaired) electrons. The molecule has 0 unspecified atom stereocenters. The van der Waals surface area contributed by atoms with Gasteiger partial charge in [-0.25, -0.2) is 4.79 Å². The molecular formula is C14H18N2O3. The fourth-order valence-corrected chi connectivity index (χ4v) is 2.36. The summed E-state index contributed by atoms with van der Waals surface area (Å²) in [6, 6.07) is 5.18. The molecule has 0 aromatic heterocycles. The summed E-state index contributed by atoms with van der Waals surface area (Å²) in [6.07, 6.45) is 1.31. The van der Waals surface area contributed by atoms with Crippen molar-refractivity contribution in [1.29, 1.82) is 0 Å². The van der Waals surface area contributed by atoms with Crippen LogP contribution >= 0.6 is 0 Å². The van der Waals surface area contributed by atoms with Crippen LogP contribution in [0.4, 0.5) is 5.69 Å². The zero-order valence-corrected chi connectivity index (χ0v) is 11.0. The highest BCUT2D eigenvalue weighted by molar-refractivity contribution is 5.89. The van der Waals surface area contributed by atoms with Crippen molar-refractivity contribution in [1.82, 2.24) is 5.32 Å². The molecule has 102 valence electrons. The molecule has 0 atom stereocenters. The third-order valence-electron chi connectivity index (χ3n) is 3.30. The van der Waals surface area contributed by atoms with E-state index in [0.717, 1.165) is 24.2 Å². The van der Waals surface area contributed by atoms with Gasteiger partial charge in [-0.1, -0.05) is 0 Å². The van der Waals surface area contributed by atoms with E-state index in [1.54, 1.807) is 12.1 Å². The van der Waals surface area contributed by atoms with Gasteiger partial charge in [0.2, 0.25) is 5.91 Å². The van der Waals surface area contributed by atoms with E-state index in [1.165, 1.54) is 0 Å². The predicted octanol–water partition coefficient (Wildman–Crippen LogP) is 1.27. The second-order valence-corrected chi connectivity index (χ2v) is 4.59. The summed E-state index contributed by atoms with van der Waals surface area (Å²) in [5, 5.41) is 11.7. The Balaban J connectivity index is 2.02. The standard InChI is InChI=1S/C14H18N2O3/c1-2-15-13(17)6-8-16-7-5-10-9-11(14(18)19)3-4-12(10)16/h3-4,9H,2,5-8H2,1H3,(H,15,17)(H,18,19). The third kappa shape index (κ3) is 3.05. The fraction of sp³-hybridized carbons (Fsp3) is 0.429. The second kappa shape index (κ2) is 5.73. The molecule has 2 rings (SSSR count). The number of carbonyl (C=O) groups is 2. The lowest BCUT2D eigenvalue weighted by Crippen LogP contribution is -2.29. The highest BCUT2D eigenvalue weighted by Gasteiger charge is 2.20. The molecule has 1 aromatic carbocycles. The first-order chi connectivity index (χ1) is 9.11. The van der Waals surface area contributed by atoms with Crippen LogP contribution in [0, 0.1) is 0 Å². The summed E-state index contributed by atoms with van der Waals surface area (Å²) in [6.45, 7) is 4.07. The first kappa shape index (κ1) is 13.4. The lowest BCUT2D eigenvalue weighted by molar-refractivity contribution is -0.120. The van der Waals surface area contributed by atoms with E-state index in [9.17, 15) is 9.59 Å². The second-order valence-electron chi connectivity index (χ2n) is 4.59. The number of carboxylic acid groups (broad SMARTS) is 1. The number of hydrogen-bond acceptors (Lipinski definition) is 3. The van der Waals surface area contributed by atoms with Crippen molar-refractivity contribution in [3.05, 3.63) is 29.3 Å². The van der Waals surface area contributed by atoms with Crippen molar-refractivity contribution < 1.29 is 14.7 Å². The van der Waals surface area contributed by atoms with E-state index >= 15 is 0 Å². The van der Waals surface area contributed by atoms with E-state index in [1.807, 2.05) is 13.0 Å². The summed E-state index contributed by atoms with van der Waals surface area (Å²) < 4.78 is 0. The number of anilines is 1. The summed E-state index contributed by atoms with van der Waals surface area (Å²) in [5.74, 6) is -0.846. The van der Waals surface area contributed by atoms with E-state index in [0.29, 0.717) is 25.1 Å². The first-order valence-electron chi connectivity index (χ1n) is 6.49. The van der Waals surface area contributed by atoms with Gasteiger partial charge in [0.15, 0.2) is 0 Å². The molecule has 5 heteroatoms. The molecule has 1 amide bonds. The average molecular weight is 262 g/mol. The number of hydrogen-bond donors (Lipinski definition) is 2. The zero-order valence-electron chi connectivity index (χ0n) is 11.0. The zero-order chi connectivity index (χ0) is 13.8. The SMILES string of the molecule is CCNC(=O)CCN1CCc2cc(C(=O)O)ccc21. The Morgan fingerprint density at radius 2 is 2.21 bits per heavy atom. The molecule has 0 bridgehead atoms. The molecule has 2 N–H and O–H groups in total. The Bertz CT molecular complexity index is 499. The Morgan fingerprint density at radius 3 is 2.89 bits per heavy atom. The molecule has 1 aliphatic heterocycles. The van der Waals surface area contributed by atoms with Crippen molar-refractivity contribution in [3.8, 4) is 0 Å². The number of benzene rings is 1. The lowest BCUT2D eigenvalue weighted by Gasteiger charge is -2.19. The lowest BCUT2D eigenvalue weighted by atomic mass is 10.1. The topological polar surface area (TPSA) is 69.6 Å². The third-order valence-corrected chi connectivity index (χ3v) is 3.30. The number of nitrogens with zero attached hydrogens (tertiary/aromatic N) is 1. The van der Waals surface area contributed by atoms with Crippen molar-refractivity contribution in [2.75, 3.05) is 24.5 Å². The minimum absolute atomic E-state index is 0.0538. The van der Waals surface area contributed by atoms with Crippen LogP contribution in [-0.2, 0) is 11.2 Å². The minimum atomic E-state index is -0.899. The average Bonchev–Trinajstić information content (AvgIpc) is 2.79. The van der Waals surface area contributed by atoms with E-state index in [2.05, 4.69) is 10.2 Å². The normalized spacial score (nSPS) is 13.2. The van der Waals surface area contributed by atoms with E-state index in [-0.39, 0.29) is 5.91 Å². The fourth-order valence-electron chi connectivity index (χ4n) is 2.36. The summed E-state index contributed by atoms with van der Waals surface area (Å²) in [4.78, 5) is 24.5. The number of carboxylic acids is 1. The van der Waals surface area contributed by atoms with Crippen LogP contribution in [0.2, 0.25) is 0 Å². The van der Waals surface area contributed by atoms with Gasteiger partial charge >= 0.3 is 5.97 Å². The minimum Gasteiger partial charge on any atom is -0.478 e. The number of carbonyl (C=O) groups excluding carboxylic acids is 1. The number of rotatable bonds is 5. The largest absolute Gasteiger partial charge is 0.478 e. The molecule has 1 aromatic rings. The summed E-state index contributed by atoms with van der Waals surface area (Å²) in [5.41, 5.74) is 2.43.